The number of aliphatic hydroxyl groups is 3. The van der Waals surface area contributed by atoms with Gasteiger partial charge in [-0.15, -0.1) is 0 Å². The summed E-state index contributed by atoms with van der Waals surface area (Å²) in [6, 6.07) is 0. The first-order valence-corrected chi connectivity index (χ1v) is 5.80. The minimum absolute atomic E-state index is 0.171. The fraction of sp³-hybridized carbons (Fsp3) is 0.727. The summed E-state index contributed by atoms with van der Waals surface area (Å²) in [4.78, 5) is 29.7. The number of hydrogen-bond donors (Lipinski definition) is 6. The maximum atomic E-state index is 10.1. The third-order valence-corrected chi connectivity index (χ3v) is 1.97. The molecule has 21 heavy (non-hydrogen) atoms. The maximum absolute atomic E-state index is 10.1. The van der Waals surface area contributed by atoms with E-state index in [0.717, 1.165) is 0 Å². The Morgan fingerprint density at radius 1 is 0.857 bits per heavy atom. The summed E-state index contributed by atoms with van der Waals surface area (Å²) < 4.78 is 0.578. The fourth-order valence-electron chi connectivity index (χ4n) is 1.17. The van der Waals surface area contributed by atoms with Crippen LogP contribution in [0.1, 0.15) is 6.42 Å². The number of carboxylic acids is 3. The molecule has 0 bridgehead atoms. The molecule has 10 nitrogen and oxygen atoms in total. The molecule has 0 rings (SSSR count). The van der Waals surface area contributed by atoms with E-state index in [-0.39, 0.29) is 6.42 Å². The predicted molar refractivity (Wildman–Crippen MR) is 68.4 cm³/mol. The molecule has 0 amide bonds. The zero-order valence-electron chi connectivity index (χ0n) is 12.0. The van der Waals surface area contributed by atoms with E-state index < -0.39 is 36.2 Å². The second-order valence-corrected chi connectivity index (χ2v) is 5.29. The van der Waals surface area contributed by atoms with Gasteiger partial charge in [0.1, 0.15) is 12.6 Å². The van der Waals surface area contributed by atoms with Crippen molar-refractivity contribution in [2.45, 2.75) is 24.7 Å². The highest BCUT2D eigenvalue weighted by atomic mass is 16.4. The average Bonchev–Trinajstić information content (AvgIpc) is 2.23. The highest BCUT2D eigenvalue weighted by Gasteiger charge is 2.29. The number of carbonyl (C=O) groups is 3. The van der Waals surface area contributed by atoms with Gasteiger partial charge in [0.2, 0.25) is 0 Å². The Morgan fingerprint density at radius 2 is 1.19 bits per heavy atom. The first-order valence-electron chi connectivity index (χ1n) is 5.80. The molecule has 3 unspecified atom stereocenters. The Kier molecular flexibility index (Phi) is 9.47. The lowest BCUT2D eigenvalue weighted by Crippen LogP contribution is -2.42. The average molecular weight is 312 g/mol. The van der Waals surface area contributed by atoms with Crippen LogP contribution in [0.25, 0.3) is 0 Å². The molecule has 0 saturated carbocycles. The predicted octanol–water partition coefficient (Wildman–Crippen LogP) is -2.59. The Hall–Kier alpha value is -1.75. The van der Waals surface area contributed by atoms with Crippen molar-refractivity contribution in [3.05, 3.63) is 0 Å². The van der Waals surface area contributed by atoms with Gasteiger partial charge in [-0.3, -0.25) is 4.79 Å². The molecule has 10 heteroatoms. The number of likely N-dealkylation sites (N-methyl/N-ethyl adjacent to an activating group) is 1. The van der Waals surface area contributed by atoms with E-state index in [9.17, 15) is 14.4 Å². The number of quaternary nitrogens is 1. The standard InChI is InChI=1S/C7H15NO3.C4H6O6/c1-8(2,3)5-6(9)4-7(10)11;5-1(3(7)8)2(6)4(9)10/h6,9H,4-5H2,1-3H3;1-2,5-6H,(H,7,8)(H,9,10)/p+1. The van der Waals surface area contributed by atoms with Gasteiger partial charge < -0.3 is 35.1 Å². The van der Waals surface area contributed by atoms with E-state index in [1.807, 2.05) is 21.1 Å². The van der Waals surface area contributed by atoms with Gasteiger partial charge in [-0.05, 0) is 0 Å². The Balaban J connectivity index is 0. The molecule has 0 spiro atoms. The zero-order chi connectivity index (χ0) is 17.4. The van der Waals surface area contributed by atoms with E-state index >= 15 is 0 Å². The van der Waals surface area contributed by atoms with Crippen molar-refractivity contribution in [3.63, 3.8) is 0 Å². The summed E-state index contributed by atoms with van der Waals surface area (Å²) in [6.07, 6.45) is -5.45. The van der Waals surface area contributed by atoms with Crippen molar-refractivity contribution in [1.29, 1.82) is 0 Å². The molecule has 0 saturated heterocycles. The normalized spacial score (nSPS) is 15.1. The second kappa shape index (κ2) is 9.23. The summed E-state index contributed by atoms with van der Waals surface area (Å²) >= 11 is 0. The van der Waals surface area contributed by atoms with E-state index in [0.29, 0.717) is 11.0 Å². The van der Waals surface area contributed by atoms with E-state index in [2.05, 4.69) is 0 Å². The quantitative estimate of drug-likeness (QED) is 0.276. The molecule has 0 fully saturated rings. The molecule has 0 aromatic rings. The number of hydrogen-bond acceptors (Lipinski definition) is 6. The van der Waals surface area contributed by atoms with Gasteiger partial charge in [-0.2, -0.15) is 0 Å². The van der Waals surface area contributed by atoms with Gasteiger partial charge in [0.15, 0.2) is 12.2 Å². The first-order chi connectivity index (χ1) is 9.27. The van der Waals surface area contributed by atoms with Gasteiger partial charge in [0.05, 0.1) is 27.6 Å². The second-order valence-electron chi connectivity index (χ2n) is 5.29. The minimum Gasteiger partial charge on any atom is -0.481 e. The number of rotatable bonds is 7. The Labute approximate surface area is 121 Å². The van der Waals surface area contributed by atoms with Gasteiger partial charge in [0, 0.05) is 0 Å². The third kappa shape index (κ3) is 13.0. The van der Waals surface area contributed by atoms with Gasteiger partial charge in [-0.1, -0.05) is 0 Å². The molecule has 0 aliphatic rings. The van der Waals surface area contributed by atoms with Crippen molar-refractivity contribution >= 4 is 17.9 Å². The first kappa shape index (κ1) is 21.5. The van der Waals surface area contributed by atoms with Crippen LogP contribution in [0.15, 0.2) is 0 Å². The molecule has 3 atom stereocenters. The number of aliphatic hydroxyl groups excluding tert-OH is 3. The van der Waals surface area contributed by atoms with Crippen molar-refractivity contribution in [3.8, 4) is 0 Å². The lowest BCUT2D eigenvalue weighted by atomic mass is 10.2. The maximum Gasteiger partial charge on any atom is 0.335 e. The molecule has 6 N–H and O–H groups in total. The third-order valence-electron chi connectivity index (χ3n) is 1.97. The molecule has 0 aromatic heterocycles. The molecule has 0 radical (unpaired) electrons. The fourth-order valence-corrected chi connectivity index (χ4v) is 1.17. The van der Waals surface area contributed by atoms with Crippen LogP contribution in [0, 0.1) is 0 Å². The highest BCUT2D eigenvalue weighted by Crippen LogP contribution is 1.98. The van der Waals surface area contributed by atoms with Crippen LogP contribution in [0.5, 0.6) is 0 Å². The smallest absolute Gasteiger partial charge is 0.335 e. The molecule has 0 aromatic carbocycles. The summed E-state index contributed by atoms with van der Waals surface area (Å²) in [6.45, 7) is 0.465. The van der Waals surface area contributed by atoms with Crippen molar-refractivity contribution < 1.29 is 49.5 Å². The molecule has 0 aliphatic heterocycles. The monoisotopic (exact) mass is 312 g/mol. The summed E-state index contributed by atoms with van der Waals surface area (Å²) in [7, 11) is 5.72. The molecular weight excluding hydrogens is 290 g/mol. The Bertz CT molecular complexity index is 345. The van der Waals surface area contributed by atoms with Crippen LogP contribution in [-0.2, 0) is 14.4 Å². The Morgan fingerprint density at radius 3 is 1.38 bits per heavy atom. The van der Waals surface area contributed by atoms with Crippen molar-refractivity contribution in [2.24, 2.45) is 0 Å². The van der Waals surface area contributed by atoms with Gasteiger partial charge in [-0.25, -0.2) is 9.59 Å². The molecule has 0 aliphatic carbocycles. The van der Waals surface area contributed by atoms with Crippen molar-refractivity contribution in [2.75, 3.05) is 27.7 Å². The van der Waals surface area contributed by atoms with Gasteiger partial charge in [0.25, 0.3) is 0 Å². The largest absolute Gasteiger partial charge is 0.481 e. The minimum atomic E-state index is -2.27. The molecule has 124 valence electrons. The van der Waals surface area contributed by atoms with Crippen molar-refractivity contribution in [1.82, 2.24) is 0 Å². The van der Waals surface area contributed by atoms with Crippen LogP contribution in [0.2, 0.25) is 0 Å². The summed E-state index contributed by atoms with van der Waals surface area (Å²) in [5, 5.41) is 50.0. The number of nitrogens with zero attached hydrogens (tertiary/aromatic N) is 1. The molecular formula is C11H22NO9+. The summed E-state index contributed by atoms with van der Waals surface area (Å²) in [5.41, 5.74) is 0. The van der Waals surface area contributed by atoms with E-state index in [1.54, 1.807) is 0 Å². The topological polar surface area (TPSA) is 173 Å². The summed E-state index contributed by atoms with van der Waals surface area (Å²) in [5.74, 6) is -4.49. The number of aliphatic carboxylic acids is 3. The van der Waals surface area contributed by atoms with Crippen LogP contribution in [0.3, 0.4) is 0 Å². The van der Waals surface area contributed by atoms with Crippen LogP contribution >= 0.6 is 0 Å². The van der Waals surface area contributed by atoms with E-state index in [1.165, 1.54) is 0 Å². The zero-order valence-corrected chi connectivity index (χ0v) is 12.0. The van der Waals surface area contributed by atoms with E-state index in [4.69, 9.17) is 30.6 Å². The SMILES string of the molecule is C[N+](C)(C)CC(O)CC(=O)O.O=C(O)C(O)C(O)C(=O)O. The van der Waals surface area contributed by atoms with Crippen LogP contribution < -0.4 is 0 Å². The van der Waals surface area contributed by atoms with Gasteiger partial charge >= 0.3 is 17.9 Å². The molecule has 0 heterocycles. The highest BCUT2D eigenvalue weighted by molar-refractivity contribution is 5.83. The van der Waals surface area contributed by atoms with Crippen LogP contribution in [0.4, 0.5) is 0 Å². The number of carboxylic acid groups (broad SMARTS) is 3. The lowest BCUT2D eigenvalue weighted by Gasteiger charge is -2.25. The van der Waals surface area contributed by atoms with Crippen LogP contribution in [-0.4, -0.2) is 99.0 Å². The lowest BCUT2D eigenvalue weighted by molar-refractivity contribution is -0.873.